The second-order valence-electron chi connectivity index (χ2n) is 8.69. The molecule has 1 aliphatic rings. The van der Waals surface area contributed by atoms with E-state index in [0.717, 1.165) is 34.4 Å². The van der Waals surface area contributed by atoms with Crippen LogP contribution in [0.4, 0.5) is 24.5 Å². The highest BCUT2D eigenvalue weighted by atomic mass is 19.4. The number of furan rings is 1. The van der Waals surface area contributed by atoms with E-state index in [9.17, 15) is 18.0 Å². The summed E-state index contributed by atoms with van der Waals surface area (Å²) >= 11 is 0. The Bertz CT molecular complexity index is 1170. The zero-order valence-corrected chi connectivity index (χ0v) is 18.9. The predicted octanol–water partition coefficient (Wildman–Crippen LogP) is 4.44. The summed E-state index contributed by atoms with van der Waals surface area (Å²) in [5, 5.41) is 7.22. The zero-order valence-electron chi connectivity index (χ0n) is 18.9. The third kappa shape index (κ3) is 4.74. The van der Waals surface area contributed by atoms with Crippen molar-refractivity contribution in [1.82, 2.24) is 14.8 Å². The van der Waals surface area contributed by atoms with E-state index < -0.39 is 11.9 Å². The highest BCUT2D eigenvalue weighted by molar-refractivity contribution is 6.04. The summed E-state index contributed by atoms with van der Waals surface area (Å²) in [4.78, 5) is 19.1. The summed E-state index contributed by atoms with van der Waals surface area (Å²) < 4.78 is 44.5. The summed E-state index contributed by atoms with van der Waals surface area (Å²) in [6, 6.07) is 3.99. The second-order valence-corrected chi connectivity index (χ2v) is 8.69. The first-order valence-electron chi connectivity index (χ1n) is 10.7. The fraction of sp³-hybridized carbons (Fsp3) is 0.435. The number of carbonyl (C=O) groups is 1. The number of fused-ring (bicyclic) bond motifs is 1. The van der Waals surface area contributed by atoms with E-state index in [-0.39, 0.29) is 30.2 Å². The summed E-state index contributed by atoms with van der Waals surface area (Å²) in [5.41, 5.74) is 4.29. The zero-order chi connectivity index (χ0) is 23.9. The molecule has 10 heteroatoms. The summed E-state index contributed by atoms with van der Waals surface area (Å²) in [7, 11) is 1.92. The summed E-state index contributed by atoms with van der Waals surface area (Å²) in [5.74, 6) is -0.690. The van der Waals surface area contributed by atoms with Crippen LogP contribution in [-0.4, -0.2) is 33.8 Å². The van der Waals surface area contributed by atoms with Gasteiger partial charge in [0.05, 0.1) is 29.8 Å². The Morgan fingerprint density at radius 3 is 2.67 bits per heavy atom. The molecule has 3 aromatic rings. The Morgan fingerprint density at radius 1 is 1.24 bits per heavy atom. The SMILES string of the molecule is Cc1nc(CCc2cnn(Cc3ccc(C(F)(F)F)o3)c2)cc2c1NC(=O)[C@H](C(C)C)N2C. The van der Waals surface area contributed by atoms with Crippen LogP contribution in [0.3, 0.4) is 0 Å². The van der Waals surface area contributed by atoms with Crippen molar-refractivity contribution in [3.05, 3.63) is 59.1 Å². The molecule has 4 heterocycles. The van der Waals surface area contributed by atoms with Crippen molar-refractivity contribution in [3.8, 4) is 0 Å². The van der Waals surface area contributed by atoms with E-state index in [1.165, 1.54) is 6.07 Å². The second kappa shape index (κ2) is 8.57. The molecule has 0 spiro atoms. The van der Waals surface area contributed by atoms with Crippen molar-refractivity contribution < 1.29 is 22.4 Å². The van der Waals surface area contributed by atoms with Gasteiger partial charge in [-0.15, -0.1) is 0 Å². The van der Waals surface area contributed by atoms with Gasteiger partial charge in [-0.1, -0.05) is 13.8 Å². The smallest absolute Gasteiger partial charge is 0.449 e. The molecule has 1 amide bonds. The molecule has 3 aromatic heterocycles. The van der Waals surface area contributed by atoms with Gasteiger partial charge in [0.1, 0.15) is 11.8 Å². The highest BCUT2D eigenvalue weighted by Crippen LogP contribution is 2.35. The monoisotopic (exact) mass is 461 g/mol. The minimum atomic E-state index is -4.50. The van der Waals surface area contributed by atoms with Crippen molar-refractivity contribution in [2.24, 2.45) is 5.92 Å². The third-order valence-corrected chi connectivity index (χ3v) is 5.79. The number of alkyl halides is 3. The van der Waals surface area contributed by atoms with Gasteiger partial charge < -0.3 is 14.6 Å². The molecule has 0 fully saturated rings. The number of hydrogen-bond donors (Lipinski definition) is 1. The van der Waals surface area contributed by atoms with Crippen LogP contribution in [0.5, 0.6) is 0 Å². The van der Waals surface area contributed by atoms with Gasteiger partial charge in [0.25, 0.3) is 0 Å². The van der Waals surface area contributed by atoms with Gasteiger partial charge in [-0.2, -0.15) is 18.3 Å². The van der Waals surface area contributed by atoms with Crippen LogP contribution in [-0.2, 0) is 30.4 Å². The lowest BCUT2D eigenvalue weighted by atomic mass is 9.97. The molecule has 1 N–H and O–H groups in total. The number of pyridine rings is 1. The van der Waals surface area contributed by atoms with Crippen molar-refractivity contribution >= 4 is 17.3 Å². The lowest BCUT2D eigenvalue weighted by molar-refractivity contribution is -0.153. The number of anilines is 2. The molecule has 0 bridgehead atoms. The van der Waals surface area contributed by atoms with Crippen LogP contribution in [0.15, 0.2) is 35.0 Å². The van der Waals surface area contributed by atoms with Gasteiger partial charge in [0.2, 0.25) is 11.7 Å². The Kier molecular flexibility index (Phi) is 5.94. The number of amides is 1. The molecule has 0 aromatic carbocycles. The van der Waals surface area contributed by atoms with E-state index in [1.807, 2.05) is 38.8 Å². The largest absolute Gasteiger partial charge is 0.455 e. The molecular weight excluding hydrogens is 435 g/mol. The highest BCUT2D eigenvalue weighted by Gasteiger charge is 2.35. The van der Waals surface area contributed by atoms with E-state index in [0.29, 0.717) is 12.8 Å². The standard InChI is InChI=1S/C23H26F3N5O2/c1-13(2)21-22(32)29-20-14(3)28-16(9-18(20)30(21)4)6-5-15-10-27-31(11-15)12-17-7-8-19(33-17)23(24,25)26/h7-11,13,21H,5-6,12H2,1-4H3,(H,29,32)/t21-/m0/s1. The van der Waals surface area contributed by atoms with E-state index in [2.05, 4.69) is 15.4 Å². The first kappa shape index (κ1) is 22.9. The number of carbonyl (C=O) groups excluding carboxylic acids is 1. The number of rotatable bonds is 6. The fourth-order valence-electron chi connectivity index (χ4n) is 4.22. The Balaban J connectivity index is 1.44. The van der Waals surface area contributed by atoms with Crippen LogP contribution in [0.25, 0.3) is 0 Å². The first-order valence-corrected chi connectivity index (χ1v) is 10.7. The number of aromatic nitrogens is 3. The predicted molar refractivity (Wildman–Crippen MR) is 117 cm³/mol. The lowest BCUT2D eigenvalue weighted by Crippen LogP contribution is -2.49. The molecule has 33 heavy (non-hydrogen) atoms. The molecule has 4 rings (SSSR count). The van der Waals surface area contributed by atoms with Crippen molar-refractivity contribution in [2.75, 3.05) is 17.3 Å². The Morgan fingerprint density at radius 2 is 2.00 bits per heavy atom. The van der Waals surface area contributed by atoms with E-state index >= 15 is 0 Å². The van der Waals surface area contributed by atoms with Gasteiger partial charge >= 0.3 is 6.18 Å². The number of halogens is 3. The van der Waals surface area contributed by atoms with Gasteiger partial charge in [-0.3, -0.25) is 14.5 Å². The molecule has 1 atom stereocenters. The molecule has 0 radical (unpaired) electrons. The maximum atomic E-state index is 12.7. The van der Waals surface area contributed by atoms with Crippen LogP contribution >= 0.6 is 0 Å². The third-order valence-electron chi connectivity index (χ3n) is 5.79. The number of hydrogen-bond acceptors (Lipinski definition) is 5. The van der Waals surface area contributed by atoms with Crippen molar-refractivity contribution in [1.29, 1.82) is 0 Å². The normalized spacial score (nSPS) is 16.3. The van der Waals surface area contributed by atoms with E-state index in [4.69, 9.17) is 4.42 Å². The molecule has 176 valence electrons. The van der Waals surface area contributed by atoms with Crippen LogP contribution in [0.1, 0.15) is 42.3 Å². The van der Waals surface area contributed by atoms with Gasteiger partial charge in [0.15, 0.2) is 0 Å². The number of nitrogens with one attached hydrogen (secondary N) is 1. The molecule has 0 unspecified atom stereocenters. The minimum Gasteiger partial charge on any atom is -0.455 e. The molecule has 7 nitrogen and oxygen atoms in total. The van der Waals surface area contributed by atoms with Gasteiger partial charge in [0, 0.05) is 18.9 Å². The van der Waals surface area contributed by atoms with Gasteiger partial charge in [-0.25, -0.2) is 0 Å². The Labute approximate surface area is 189 Å². The van der Waals surface area contributed by atoms with E-state index in [1.54, 1.807) is 17.1 Å². The lowest BCUT2D eigenvalue weighted by Gasteiger charge is -2.38. The number of aryl methyl sites for hydroxylation is 3. The molecule has 0 aliphatic carbocycles. The van der Waals surface area contributed by atoms with Crippen LogP contribution in [0.2, 0.25) is 0 Å². The molecule has 0 saturated carbocycles. The average Bonchev–Trinajstić information content (AvgIpc) is 3.37. The van der Waals surface area contributed by atoms with Gasteiger partial charge in [-0.05, 0) is 49.4 Å². The maximum absolute atomic E-state index is 12.7. The summed E-state index contributed by atoms with van der Waals surface area (Å²) in [6.45, 7) is 6.03. The average molecular weight is 461 g/mol. The Hall–Kier alpha value is -3.30. The quantitative estimate of drug-likeness (QED) is 0.587. The fourth-order valence-corrected chi connectivity index (χ4v) is 4.22. The van der Waals surface area contributed by atoms with Crippen LogP contribution < -0.4 is 10.2 Å². The van der Waals surface area contributed by atoms with Crippen LogP contribution in [0, 0.1) is 12.8 Å². The maximum Gasteiger partial charge on any atom is 0.449 e. The number of likely N-dealkylation sites (N-methyl/N-ethyl adjacent to an activating group) is 1. The summed E-state index contributed by atoms with van der Waals surface area (Å²) in [6.07, 6.45) is 0.315. The molecular formula is C23H26F3N5O2. The van der Waals surface area contributed by atoms with Crippen molar-refractivity contribution in [2.45, 2.75) is 52.4 Å². The number of nitrogens with zero attached hydrogens (tertiary/aromatic N) is 4. The molecule has 0 saturated heterocycles. The molecule has 1 aliphatic heterocycles. The van der Waals surface area contributed by atoms with Crippen molar-refractivity contribution in [3.63, 3.8) is 0 Å². The topological polar surface area (TPSA) is 76.2 Å². The first-order chi connectivity index (χ1) is 15.5. The minimum absolute atomic E-state index is 0.0241.